The van der Waals surface area contributed by atoms with Crippen LogP contribution in [0.3, 0.4) is 0 Å². The van der Waals surface area contributed by atoms with E-state index in [2.05, 4.69) is 15.0 Å². The van der Waals surface area contributed by atoms with Crippen molar-refractivity contribution in [1.29, 1.82) is 0 Å². The summed E-state index contributed by atoms with van der Waals surface area (Å²) in [5, 5.41) is 0.906. The van der Waals surface area contributed by atoms with Crippen LogP contribution >= 0.6 is 23.4 Å². The van der Waals surface area contributed by atoms with Gasteiger partial charge < -0.3 is 4.57 Å². The second kappa shape index (κ2) is 4.14. The largest absolute Gasteiger partial charge is 0.314 e. The Kier molecular flexibility index (Phi) is 2.88. The topological polar surface area (TPSA) is 43.6 Å². The predicted molar refractivity (Wildman–Crippen MR) is 57.8 cm³/mol. The Bertz CT molecular complexity index is 442. The summed E-state index contributed by atoms with van der Waals surface area (Å²) in [4.78, 5) is 12.6. The summed E-state index contributed by atoms with van der Waals surface area (Å²) in [5.74, 6) is 0.560. The molecule has 0 saturated heterocycles. The minimum atomic E-state index is 0.560. The Labute approximate surface area is 90.7 Å². The minimum Gasteiger partial charge on any atom is -0.314 e. The van der Waals surface area contributed by atoms with Crippen LogP contribution in [0.2, 0.25) is 0 Å². The molecule has 0 atom stereocenters. The van der Waals surface area contributed by atoms with Crippen LogP contribution in [0.25, 0.3) is 11.2 Å². The van der Waals surface area contributed by atoms with Gasteiger partial charge in [-0.25, -0.2) is 15.0 Å². The zero-order valence-electron chi connectivity index (χ0n) is 7.64. The van der Waals surface area contributed by atoms with Crippen molar-refractivity contribution in [2.24, 2.45) is 0 Å². The lowest BCUT2D eigenvalue weighted by Crippen LogP contribution is -1.98. The van der Waals surface area contributed by atoms with E-state index in [1.54, 1.807) is 24.4 Å². The Morgan fingerprint density at radius 3 is 3.00 bits per heavy atom. The molecular weight excluding hydrogens is 220 g/mol. The van der Waals surface area contributed by atoms with Gasteiger partial charge in [0, 0.05) is 12.4 Å². The highest BCUT2D eigenvalue weighted by Crippen LogP contribution is 2.20. The van der Waals surface area contributed by atoms with E-state index < -0.39 is 0 Å². The second-order valence-electron chi connectivity index (χ2n) is 2.68. The zero-order valence-corrected chi connectivity index (χ0v) is 9.22. The third kappa shape index (κ3) is 1.57. The van der Waals surface area contributed by atoms with E-state index in [-0.39, 0.29) is 0 Å². The number of hydrogen-bond donors (Lipinski definition) is 0. The maximum atomic E-state index is 5.67. The highest BCUT2D eigenvalue weighted by atomic mass is 35.5. The van der Waals surface area contributed by atoms with Gasteiger partial charge >= 0.3 is 0 Å². The quantitative estimate of drug-likeness (QED) is 0.457. The van der Waals surface area contributed by atoms with E-state index in [1.807, 2.05) is 10.8 Å². The van der Waals surface area contributed by atoms with E-state index in [0.29, 0.717) is 5.88 Å². The first-order valence-corrected chi connectivity index (χ1v) is 5.88. The summed E-state index contributed by atoms with van der Waals surface area (Å²) in [5.41, 5.74) is 1.70. The molecule has 0 aliphatic heterocycles. The average molecular weight is 229 g/mol. The van der Waals surface area contributed by atoms with Gasteiger partial charge in [-0.2, -0.15) is 0 Å². The first-order chi connectivity index (χ1) is 6.86. The van der Waals surface area contributed by atoms with Crippen LogP contribution < -0.4 is 0 Å². The summed E-state index contributed by atoms with van der Waals surface area (Å²) in [6, 6.07) is 0. The molecule has 4 nitrogen and oxygen atoms in total. The molecule has 0 amide bonds. The summed E-state index contributed by atoms with van der Waals surface area (Å²) in [6.45, 7) is 0.725. The fraction of sp³-hybridized carbons (Fsp3) is 0.375. The van der Waals surface area contributed by atoms with Gasteiger partial charge in [-0.1, -0.05) is 0 Å². The molecule has 2 heterocycles. The zero-order chi connectivity index (χ0) is 9.97. The lowest BCUT2D eigenvalue weighted by molar-refractivity contribution is 0.782. The van der Waals surface area contributed by atoms with E-state index in [0.717, 1.165) is 22.7 Å². The molecule has 0 bridgehead atoms. The van der Waals surface area contributed by atoms with Crippen molar-refractivity contribution in [3.63, 3.8) is 0 Å². The molecule has 0 aliphatic carbocycles. The van der Waals surface area contributed by atoms with Gasteiger partial charge in [0.25, 0.3) is 0 Å². The highest BCUT2D eigenvalue weighted by Gasteiger charge is 2.08. The Balaban J connectivity index is 2.57. The van der Waals surface area contributed by atoms with Crippen LogP contribution in [-0.2, 0) is 6.54 Å². The first kappa shape index (κ1) is 9.73. The third-order valence-electron chi connectivity index (χ3n) is 1.89. The smallest absolute Gasteiger partial charge is 0.164 e. The molecule has 0 fully saturated rings. The number of thioether (sulfide) groups is 1. The van der Waals surface area contributed by atoms with Gasteiger partial charge in [-0.15, -0.1) is 23.4 Å². The minimum absolute atomic E-state index is 0.560. The lowest BCUT2D eigenvalue weighted by atomic mass is 10.5. The average Bonchev–Trinajstić information content (AvgIpc) is 2.62. The van der Waals surface area contributed by atoms with Crippen molar-refractivity contribution in [2.45, 2.75) is 11.6 Å². The monoisotopic (exact) mass is 228 g/mol. The van der Waals surface area contributed by atoms with Crippen LogP contribution in [0.4, 0.5) is 0 Å². The predicted octanol–water partition coefficient (Wildman–Crippen LogP) is 1.79. The number of aromatic nitrogens is 4. The fourth-order valence-corrected chi connectivity index (χ4v) is 1.94. The summed E-state index contributed by atoms with van der Waals surface area (Å²) >= 11 is 7.24. The van der Waals surface area contributed by atoms with Gasteiger partial charge in [0.05, 0.1) is 6.33 Å². The maximum Gasteiger partial charge on any atom is 0.164 e. The normalized spacial score (nSPS) is 11.0. The number of hydrogen-bond acceptors (Lipinski definition) is 4. The maximum absolute atomic E-state index is 5.67. The standard InChI is InChI=1S/C8H9ClN4S/c1-14-8-6-7(10-4-11-8)13(3-2-9)5-12-6/h4-5H,2-3H2,1H3. The molecule has 2 aromatic rings. The van der Waals surface area contributed by atoms with Gasteiger partial charge in [0.2, 0.25) is 0 Å². The molecule has 6 heteroatoms. The number of rotatable bonds is 3. The second-order valence-corrected chi connectivity index (χ2v) is 3.86. The molecule has 0 unspecified atom stereocenters. The van der Waals surface area contributed by atoms with Crippen molar-refractivity contribution in [3.8, 4) is 0 Å². The number of imidazole rings is 1. The van der Waals surface area contributed by atoms with Crippen molar-refractivity contribution in [2.75, 3.05) is 12.1 Å². The molecule has 2 aromatic heterocycles. The molecule has 14 heavy (non-hydrogen) atoms. The van der Waals surface area contributed by atoms with Crippen molar-refractivity contribution in [1.82, 2.24) is 19.5 Å². The highest BCUT2D eigenvalue weighted by molar-refractivity contribution is 7.98. The molecule has 0 aliphatic rings. The number of nitrogens with zero attached hydrogens (tertiary/aromatic N) is 4. The van der Waals surface area contributed by atoms with Crippen LogP contribution in [0, 0.1) is 0 Å². The number of fused-ring (bicyclic) bond motifs is 1. The van der Waals surface area contributed by atoms with E-state index in [4.69, 9.17) is 11.6 Å². The molecular formula is C8H9ClN4S. The van der Waals surface area contributed by atoms with Crippen molar-refractivity contribution in [3.05, 3.63) is 12.7 Å². The molecule has 0 N–H and O–H groups in total. The number of aryl methyl sites for hydroxylation is 1. The number of alkyl halides is 1. The van der Waals surface area contributed by atoms with E-state index in [9.17, 15) is 0 Å². The summed E-state index contributed by atoms with van der Waals surface area (Å²) < 4.78 is 1.93. The molecule has 0 aromatic carbocycles. The lowest BCUT2D eigenvalue weighted by Gasteiger charge is -1.99. The van der Waals surface area contributed by atoms with Gasteiger partial charge in [-0.3, -0.25) is 0 Å². The first-order valence-electron chi connectivity index (χ1n) is 4.12. The van der Waals surface area contributed by atoms with Crippen LogP contribution in [0.5, 0.6) is 0 Å². The SMILES string of the molecule is CSc1ncnc2c1ncn2CCCl. The van der Waals surface area contributed by atoms with Crippen molar-refractivity contribution >= 4 is 34.5 Å². The molecule has 74 valence electrons. The third-order valence-corrected chi connectivity index (χ3v) is 2.74. The number of halogens is 1. The van der Waals surface area contributed by atoms with E-state index >= 15 is 0 Å². The molecule has 0 radical (unpaired) electrons. The summed E-state index contributed by atoms with van der Waals surface area (Å²) in [6.07, 6.45) is 5.28. The fourth-order valence-electron chi connectivity index (χ4n) is 1.26. The van der Waals surface area contributed by atoms with E-state index in [1.165, 1.54) is 0 Å². The van der Waals surface area contributed by atoms with Gasteiger partial charge in [0.15, 0.2) is 5.65 Å². The van der Waals surface area contributed by atoms with Gasteiger partial charge in [-0.05, 0) is 6.26 Å². The Morgan fingerprint density at radius 1 is 1.43 bits per heavy atom. The molecule has 0 saturated carbocycles. The molecule has 0 spiro atoms. The van der Waals surface area contributed by atoms with Crippen LogP contribution in [0.15, 0.2) is 17.7 Å². The Hall–Kier alpha value is -0.810. The van der Waals surface area contributed by atoms with Gasteiger partial charge in [0.1, 0.15) is 16.9 Å². The van der Waals surface area contributed by atoms with Crippen LogP contribution in [-0.4, -0.2) is 31.7 Å². The molecule has 2 rings (SSSR count). The Morgan fingerprint density at radius 2 is 2.29 bits per heavy atom. The summed E-state index contributed by atoms with van der Waals surface area (Å²) in [7, 11) is 0. The van der Waals surface area contributed by atoms with Crippen molar-refractivity contribution < 1.29 is 0 Å². The van der Waals surface area contributed by atoms with Crippen LogP contribution in [0.1, 0.15) is 0 Å².